The predicted octanol–water partition coefficient (Wildman–Crippen LogP) is 4.11. The highest BCUT2D eigenvalue weighted by molar-refractivity contribution is 9.10. The zero-order chi connectivity index (χ0) is 21.4. The van der Waals surface area contributed by atoms with E-state index in [-0.39, 0.29) is 30.6 Å². The van der Waals surface area contributed by atoms with Gasteiger partial charge >= 0.3 is 5.97 Å². The Morgan fingerprint density at radius 1 is 1.07 bits per heavy atom. The number of ether oxygens (including phenoxy) is 2. The van der Waals surface area contributed by atoms with Crippen molar-refractivity contribution in [3.63, 3.8) is 0 Å². The minimum Gasteiger partial charge on any atom is -0.492 e. The fourth-order valence-corrected chi connectivity index (χ4v) is 4.83. The van der Waals surface area contributed by atoms with Crippen LogP contribution in [0, 0.1) is 5.92 Å². The Morgan fingerprint density at radius 3 is 2.24 bits per heavy atom. The first kappa shape index (κ1) is 23.4. The maximum absolute atomic E-state index is 13.4. The molecule has 2 rings (SSSR count). The van der Waals surface area contributed by atoms with E-state index in [2.05, 4.69) is 15.9 Å². The lowest BCUT2D eigenvalue weighted by atomic mass is 10.0. The lowest BCUT2D eigenvalue weighted by Gasteiger charge is -2.31. The fraction of sp³-hybridized carbons (Fsp3) is 0.381. The van der Waals surface area contributed by atoms with Crippen LogP contribution in [0.1, 0.15) is 20.8 Å². The van der Waals surface area contributed by atoms with E-state index in [1.54, 1.807) is 45.0 Å². The number of hydrogen-bond donors (Lipinski definition) is 0. The molecule has 0 unspecified atom stereocenters. The van der Waals surface area contributed by atoms with Crippen molar-refractivity contribution in [1.82, 2.24) is 4.31 Å². The molecule has 0 amide bonds. The monoisotopic (exact) mass is 483 g/mol. The number of halogens is 1. The van der Waals surface area contributed by atoms with Gasteiger partial charge < -0.3 is 9.47 Å². The first-order chi connectivity index (χ1) is 13.8. The van der Waals surface area contributed by atoms with Crippen molar-refractivity contribution >= 4 is 31.9 Å². The smallest absolute Gasteiger partial charge is 0.324 e. The second-order valence-electron chi connectivity index (χ2n) is 6.67. The topological polar surface area (TPSA) is 72.9 Å². The van der Waals surface area contributed by atoms with Gasteiger partial charge in [0, 0.05) is 11.0 Å². The van der Waals surface area contributed by atoms with Gasteiger partial charge in [0.1, 0.15) is 18.4 Å². The maximum Gasteiger partial charge on any atom is 0.324 e. The molecule has 6 nitrogen and oxygen atoms in total. The summed E-state index contributed by atoms with van der Waals surface area (Å²) in [6.45, 7) is 5.57. The Balaban J connectivity index is 2.34. The van der Waals surface area contributed by atoms with E-state index in [0.717, 1.165) is 4.47 Å². The van der Waals surface area contributed by atoms with Crippen LogP contribution < -0.4 is 4.74 Å². The molecular weight excluding hydrogens is 458 g/mol. The average Bonchev–Trinajstić information content (AvgIpc) is 2.68. The molecule has 0 heterocycles. The number of hydrogen-bond acceptors (Lipinski definition) is 5. The Labute approximate surface area is 181 Å². The average molecular weight is 484 g/mol. The van der Waals surface area contributed by atoms with Crippen LogP contribution in [0.3, 0.4) is 0 Å². The van der Waals surface area contributed by atoms with Gasteiger partial charge in [-0.25, -0.2) is 8.42 Å². The Bertz CT molecular complexity index is 885. The van der Waals surface area contributed by atoms with Gasteiger partial charge in [0.25, 0.3) is 0 Å². The van der Waals surface area contributed by atoms with Crippen LogP contribution in [0.25, 0.3) is 0 Å². The highest BCUT2D eigenvalue weighted by atomic mass is 79.9. The Hall–Kier alpha value is -1.90. The molecule has 1 atom stereocenters. The highest BCUT2D eigenvalue weighted by Crippen LogP contribution is 2.24. The van der Waals surface area contributed by atoms with Gasteiger partial charge in [-0.05, 0) is 49.2 Å². The second kappa shape index (κ2) is 10.8. The van der Waals surface area contributed by atoms with Gasteiger partial charge in [-0.2, -0.15) is 4.31 Å². The molecular formula is C21H26BrNO5S. The fourth-order valence-electron chi connectivity index (χ4n) is 2.87. The number of nitrogens with zero attached hydrogens (tertiary/aromatic N) is 1. The third kappa shape index (κ3) is 6.29. The van der Waals surface area contributed by atoms with Crippen molar-refractivity contribution in [2.45, 2.75) is 31.7 Å². The summed E-state index contributed by atoms with van der Waals surface area (Å²) in [4.78, 5) is 12.7. The first-order valence-corrected chi connectivity index (χ1v) is 11.6. The first-order valence-electron chi connectivity index (χ1n) is 9.39. The van der Waals surface area contributed by atoms with Crippen molar-refractivity contribution in [2.75, 3.05) is 19.8 Å². The van der Waals surface area contributed by atoms with E-state index < -0.39 is 22.0 Å². The van der Waals surface area contributed by atoms with Gasteiger partial charge in [-0.15, -0.1) is 0 Å². The van der Waals surface area contributed by atoms with E-state index in [0.29, 0.717) is 5.75 Å². The normalized spacial score (nSPS) is 12.8. The number of benzene rings is 2. The van der Waals surface area contributed by atoms with Crippen LogP contribution in [0.4, 0.5) is 0 Å². The predicted molar refractivity (Wildman–Crippen MR) is 115 cm³/mol. The molecule has 0 N–H and O–H groups in total. The van der Waals surface area contributed by atoms with E-state index in [1.807, 2.05) is 18.2 Å². The van der Waals surface area contributed by atoms with Crippen LogP contribution >= 0.6 is 15.9 Å². The van der Waals surface area contributed by atoms with Gasteiger partial charge in [0.15, 0.2) is 0 Å². The van der Waals surface area contributed by atoms with Crippen LogP contribution in [-0.4, -0.2) is 44.5 Å². The zero-order valence-corrected chi connectivity index (χ0v) is 19.1. The number of para-hydroxylation sites is 1. The van der Waals surface area contributed by atoms with Crippen LogP contribution in [0.5, 0.6) is 5.75 Å². The molecule has 0 aliphatic carbocycles. The minimum absolute atomic E-state index is 0.00888. The summed E-state index contributed by atoms with van der Waals surface area (Å²) in [6.07, 6.45) is 0. The number of sulfonamides is 1. The molecule has 0 aliphatic rings. The van der Waals surface area contributed by atoms with Gasteiger partial charge in [-0.3, -0.25) is 4.79 Å². The van der Waals surface area contributed by atoms with E-state index >= 15 is 0 Å². The molecule has 2 aromatic carbocycles. The largest absolute Gasteiger partial charge is 0.492 e. The molecule has 0 fully saturated rings. The minimum atomic E-state index is -3.95. The highest BCUT2D eigenvalue weighted by Gasteiger charge is 2.38. The molecule has 0 spiro atoms. The Morgan fingerprint density at radius 2 is 1.69 bits per heavy atom. The summed E-state index contributed by atoms with van der Waals surface area (Å²) in [7, 11) is -3.95. The maximum atomic E-state index is 13.4. The van der Waals surface area contributed by atoms with E-state index in [4.69, 9.17) is 9.47 Å². The molecule has 29 heavy (non-hydrogen) atoms. The van der Waals surface area contributed by atoms with Crippen molar-refractivity contribution in [2.24, 2.45) is 5.92 Å². The summed E-state index contributed by atoms with van der Waals surface area (Å²) < 4.78 is 39.6. The molecule has 2 aromatic rings. The molecule has 158 valence electrons. The summed E-state index contributed by atoms with van der Waals surface area (Å²) in [5.74, 6) is -0.218. The molecule has 0 bridgehead atoms. The van der Waals surface area contributed by atoms with Gasteiger partial charge in [0.05, 0.1) is 11.5 Å². The van der Waals surface area contributed by atoms with Crippen molar-refractivity contribution in [1.29, 1.82) is 0 Å². The van der Waals surface area contributed by atoms with E-state index in [1.165, 1.54) is 16.4 Å². The third-order valence-corrected chi connectivity index (χ3v) is 6.64. The van der Waals surface area contributed by atoms with Gasteiger partial charge in [-0.1, -0.05) is 48.0 Å². The van der Waals surface area contributed by atoms with Crippen molar-refractivity contribution in [3.8, 4) is 5.75 Å². The SMILES string of the molecule is CCOC(=O)[C@H](C(C)C)N(CCOc1ccccc1)S(=O)(=O)c1ccc(Br)cc1. The molecule has 0 radical (unpaired) electrons. The standard InChI is InChI=1S/C21H26BrNO5S/c1-4-27-21(24)20(16(2)3)23(14-15-28-18-8-6-5-7-9-18)29(25,26)19-12-10-17(22)11-13-19/h5-13,16,20H,4,14-15H2,1-3H3/t20-/m0/s1. The molecule has 8 heteroatoms. The quantitative estimate of drug-likeness (QED) is 0.475. The van der Waals surface area contributed by atoms with Crippen molar-refractivity contribution < 1.29 is 22.7 Å². The molecule has 0 aliphatic heterocycles. The van der Waals surface area contributed by atoms with Gasteiger partial charge in [0.2, 0.25) is 10.0 Å². The van der Waals surface area contributed by atoms with Crippen molar-refractivity contribution in [3.05, 3.63) is 59.1 Å². The second-order valence-corrected chi connectivity index (χ2v) is 9.48. The third-order valence-electron chi connectivity index (χ3n) is 4.21. The summed E-state index contributed by atoms with van der Waals surface area (Å²) in [6, 6.07) is 14.5. The molecule has 0 saturated carbocycles. The van der Waals surface area contributed by atoms with E-state index in [9.17, 15) is 13.2 Å². The van der Waals surface area contributed by atoms with Crippen LogP contribution in [-0.2, 0) is 19.6 Å². The number of rotatable bonds is 10. The summed E-state index contributed by atoms with van der Waals surface area (Å²) in [5.41, 5.74) is 0. The molecule has 0 aromatic heterocycles. The lowest BCUT2D eigenvalue weighted by Crippen LogP contribution is -2.50. The molecule has 0 saturated heterocycles. The zero-order valence-electron chi connectivity index (χ0n) is 16.7. The lowest BCUT2D eigenvalue weighted by molar-refractivity contribution is -0.149. The Kier molecular flexibility index (Phi) is 8.67. The number of carbonyl (C=O) groups is 1. The summed E-state index contributed by atoms with van der Waals surface area (Å²) in [5, 5.41) is 0. The number of esters is 1. The van der Waals surface area contributed by atoms with Crippen LogP contribution in [0.15, 0.2) is 64.0 Å². The van der Waals surface area contributed by atoms with Crippen LogP contribution in [0.2, 0.25) is 0 Å². The number of carbonyl (C=O) groups excluding carboxylic acids is 1. The summed E-state index contributed by atoms with van der Waals surface area (Å²) >= 11 is 3.31.